The van der Waals surface area contributed by atoms with Crippen LogP contribution in [0.15, 0.2) is 30.3 Å². The summed E-state index contributed by atoms with van der Waals surface area (Å²) in [5, 5.41) is 0. The average Bonchev–Trinajstić information content (AvgIpc) is 2.92. The second-order valence-corrected chi connectivity index (χ2v) is 7.11. The number of alkyl halides is 2. The third kappa shape index (κ3) is 2.14. The van der Waals surface area contributed by atoms with E-state index in [4.69, 9.17) is 4.74 Å². The maximum atomic E-state index is 13.3. The molecule has 2 aliphatic heterocycles. The number of carbonyl (C=O) groups is 1. The Balaban J connectivity index is 1.54. The van der Waals surface area contributed by atoms with Crippen LogP contribution in [0.1, 0.15) is 42.5 Å². The highest BCUT2D eigenvalue weighted by Crippen LogP contribution is 2.62. The Hall–Kier alpha value is -1.49. The van der Waals surface area contributed by atoms with Gasteiger partial charge in [-0.2, -0.15) is 0 Å². The summed E-state index contributed by atoms with van der Waals surface area (Å²) >= 11 is 0. The molecule has 0 amide bonds. The van der Waals surface area contributed by atoms with Crippen molar-refractivity contribution >= 4 is 5.97 Å². The summed E-state index contributed by atoms with van der Waals surface area (Å²) in [6, 6.07) is 8.88. The van der Waals surface area contributed by atoms with Gasteiger partial charge < -0.3 is 4.74 Å². The molecule has 1 saturated carbocycles. The van der Waals surface area contributed by atoms with Gasteiger partial charge in [0.1, 0.15) is 0 Å². The fourth-order valence-electron chi connectivity index (χ4n) is 4.62. The summed E-state index contributed by atoms with van der Waals surface area (Å²) in [5.41, 5.74) is -0.506. The molecule has 118 valence electrons. The van der Waals surface area contributed by atoms with Gasteiger partial charge in [0.15, 0.2) is 5.72 Å². The van der Waals surface area contributed by atoms with Crippen molar-refractivity contribution in [3.8, 4) is 0 Å². The lowest BCUT2D eigenvalue weighted by atomic mass is 9.64. The van der Waals surface area contributed by atoms with Crippen molar-refractivity contribution in [1.82, 2.24) is 4.90 Å². The van der Waals surface area contributed by atoms with Crippen molar-refractivity contribution in [3.05, 3.63) is 35.9 Å². The Morgan fingerprint density at radius 1 is 1.14 bits per heavy atom. The number of esters is 1. The predicted molar refractivity (Wildman–Crippen MR) is 76.6 cm³/mol. The molecule has 4 rings (SSSR count). The maximum absolute atomic E-state index is 13.3. The minimum atomic E-state index is -2.54. The Bertz CT molecular complexity index is 596. The van der Waals surface area contributed by atoms with Gasteiger partial charge in [-0.15, -0.1) is 0 Å². The van der Waals surface area contributed by atoms with Gasteiger partial charge in [0.05, 0.1) is 5.56 Å². The van der Waals surface area contributed by atoms with E-state index < -0.39 is 11.6 Å². The average molecular weight is 307 g/mol. The van der Waals surface area contributed by atoms with E-state index in [9.17, 15) is 13.6 Å². The number of hydrogen-bond donors (Lipinski definition) is 0. The van der Waals surface area contributed by atoms with E-state index in [1.165, 1.54) is 0 Å². The molecule has 3 nitrogen and oxygen atoms in total. The third-order valence-corrected chi connectivity index (χ3v) is 5.31. The molecule has 5 heteroatoms. The first-order chi connectivity index (χ1) is 10.4. The van der Waals surface area contributed by atoms with Crippen molar-refractivity contribution in [2.24, 2.45) is 5.41 Å². The zero-order chi connectivity index (χ0) is 15.4. The highest BCUT2D eigenvalue weighted by atomic mass is 19.3. The van der Waals surface area contributed by atoms with Crippen molar-refractivity contribution in [2.75, 3.05) is 13.1 Å². The number of benzene rings is 1. The molecular formula is C17H19F2NO2. The summed E-state index contributed by atoms with van der Waals surface area (Å²) in [6.45, 7) is 1.46. The zero-order valence-electron chi connectivity index (χ0n) is 12.4. The Labute approximate surface area is 128 Å². The summed E-state index contributed by atoms with van der Waals surface area (Å²) < 4.78 is 32.5. The monoisotopic (exact) mass is 307 g/mol. The van der Waals surface area contributed by atoms with E-state index in [1.807, 2.05) is 6.07 Å². The number of fused-ring (bicyclic) bond motifs is 1. The molecule has 2 heterocycles. The van der Waals surface area contributed by atoms with Gasteiger partial charge >= 0.3 is 5.97 Å². The van der Waals surface area contributed by atoms with Gasteiger partial charge in [0, 0.05) is 38.8 Å². The second-order valence-electron chi connectivity index (χ2n) is 7.11. The summed E-state index contributed by atoms with van der Waals surface area (Å²) in [7, 11) is 0. The summed E-state index contributed by atoms with van der Waals surface area (Å²) in [6.07, 6.45) is 2.11. The van der Waals surface area contributed by atoms with Gasteiger partial charge in [0.25, 0.3) is 0 Å². The van der Waals surface area contributed by atoms with Crippen molar-refractivity contribution in [3.63, 3.8) is 0 Å². The van der Waals surface area contributed by atoms with Crippen LogP contribution < -0.4 is 0 Å². The van der Waals surface area contributed by atoms with Gasteiger partial charge in [-0.05, 0) is 24.0 Å². The fraction of sp³-hybridized carbons (Fsp3) is 0.588. The highest BCUT2D eigenvalue weighted by molar-refractivity contribution is 5.89. The number of carbonyl (C=O) groups excluding carboxylic acids is 1. The molecule has 1 atom stereocenters. The predicted octanol–water partition coefficient (Wildman–Crippen LogP) is 3.45. The van der Waals surface area contributed by atoms with E-state index in [0.29, 0.717) is 18.5 Å². The lowest BCUT2D eigenvalue weighted by Gasteiger charge is -2.45. The lowest BCUT2D eigenvalue weighted by Crippen LogP contribution is -2.47. The van der Waals surface area contributed by atoms with Gasteiger partial charge in [-0.25, -0.2) is 13.6 Å². The van der Waals surface area contributed by atoms with Crippen LogP contribution >= 0.6 is 0 Å². The topological polar surface area (TPSA) is 29.5 Å². The van der Waals surface area contributed by atoms with E-state index in [1.54, 1.807) is 24.3 Å². The number of ether oxygens (including phenoxy) is 1. The molecule has 1 aromatic carbocycles. The molecule has 0 radical (unpaired) electrons. The van der Waals surface area contributed by atoms with Crippen LogP contribution in [0, 0.1) is 5.41 Å². The SMILES string of the molecule is O=C(OC12CCCN1CC1(CC(F)(F)C1)C2)c1ccccc1. The maximum Gasteiger partial charge on any atom is 0.339 e. The van der Waals surface area contributed by atoms with Gasteiger partial charge in [-0.1, -0.05) is 18.2 Å². The lowest BCUT2D eigenvalue weighted by molar-refractivity contribution is -0.160. The normalized spacial score (nSPS) is 31.7. The molecular weight excluding hydrogens is 288 g/mol. The van der Waals surface area contributed by atoms with Gasteiger partial charge in [-0.3, -0.25) is 4.90 Å². The van der Waals surface area contributed by atoms with E-state index in [2.05, 4.69) is 4.90 Å². The van der Waals surface area contributed by atoms with Crippen molar-refractivity contribution in [1.29, 1.82) is 0 Å². The molecule has 0 aromatic heterocycles. The molecule has 2 saturated heterocycles. The van der Waals surface area contributed by atoms with Crippen LogP contribution in [0.25, 0.3) is 0 Å². The zero-order valence-corrected chi connectivity index (χ0v) is 12.4. The van der Waals surface area contributed by atoms with E-state index in [-0.39, 0.29) is 24.2 Å². The first-order valence-electron chi connectivity index (χ1n) is 7.84. The van der Waals surface area contributed by atoms with Crippen molar-refractivity contribution < 1.29 is 18.3 Å². The Morgan fingerprint density at radius 2 is 1.86 bits per heavy atom. The number of hydrogen-bond acceptors (Lipinski definition) is 3. The minimum absolute atomic E-state index is 0.0683. The summed E-state index contributed by atoms with van der Waals surface area (Å²) in [4.78, 5) is 14.5. The van der Waals surface area contributed by atoms with Crippen LogP contribution in [0.2, 0.25) is 0 Å². The van der Waals surface area contributed by atoms with Crippen LogP contribution in [-0.2, 0) is 4.74 Å². The number of nitrogens with zero attached hydrogens (tertiary/aromatic N) is 1. The van der Waals surface area contributed by atoms with Crippen LogP contribution in [0.5, 0.6) is 0 Å². The first kappa shape index (κ1) is 14.1. The van der Waals surface area contributed by atoms with Crippen LogP contribution in [0.3, 0.4) is 0 Å². The molecule has 1 spiro atoms. The van der Waals surface area contributed by atoms with Crippen molar-refractivity contribution in [2.45, 2.75) is 43.8 Å². The molecule has 0 bridgehead atoms. The van der Waals surface area contributed by atoms with Crippen LogP contribution in [0.4, 0.5) is 8.78 Å². The molecule has 3 fully saturated rings. The van der Waals surface area contributed by atoms with E-state index >= 15 is 0 Å². The number of rotatable bonds is 2. The molecule has 1 aliphatic carbocycles. The quantitative estimate of drug-likeness (QED) is 0.784. The largest absolute Gasteiger partial charge is 0.440 e. The molecule has 1 aromatic rings. The Morgan fingerprint density at radius 3 is 2.55 bits per heavy atom. The molecule has 22 heavy (non-hydrogen) atoms. The Kier molecular flexibility index (Phi) is 2.89. The first-order valence-corrected chi connectivity index (χ1v) is 7.84. The van der Waals surface area contributed by atoms with Crippen LogP contribution in [-0.4, -0.2) is 35.6 Å². The minimum Gasteiger partial charge on any atom is -0.440 e. The van der Waals surface area contributed by atoms with Gasteiger partial charge in [0.2, 0.25) is 5.92 Å². The number of halogens is 2. The second kappa shape index (κ2) is 4.51. The summed E-state index contributed by atoms with van der Waals surface area (Å²) in [5.74, 6) is -2.89. The fourth-order valence-corrected chi connectivity index (χ4v) is 4.62. The highest BCUT2D eigenvalue weighted by Gasteiger charge is 2.66. The molecule has 1 unspecified atom stereocenters. The standard InChI is InChI=1S/C17H19F2NO2/c18-16(19)9-15(10-16)11-17(7-4-8-20(17)12-15)22-14(21)13-5-2-1-3-6-13/h1-3,5-6H,4,7-12H2. The smallest absolute Gasteiger partial charge is 0.339 e. The molecule has 3 aliphatic rings. The molecule has 0 N–H and O–H groups in total. The third-order valence-electron chi connectivity index (χ3n) is 5.31. The van der Waals surface area contributed by atoms with E-state index in [0.717, 1.165) is 19.4 Å².